The highest BCUT2D eigenvalue weighted by atomic mass is 16.5. The Morgan fingerprint density at radius 1 is 1.40 bits per heavy atom. The van der Waals surface area contributed by atoms with E-state index in [4.69, 9.17) is 9.47 Å². The van der Waals surface area contributed by atoms with Gasteiger partial charge in [0.05, 0.1) is 17.8 Å². The zero-order valence-corrected chi connectivity index (χ0v) is 12.9. The number of likely N-dealkylation sites (N-methyl/N-ethyl adjacent to an activating group) is 1. The highest BCUT2D eigenvalue weighted by molar-refractivity contribution is 5.17. The Hall–Kier alpha value is -0.910. The zero-order chi connectivity index (χ0) is 14.4. The van der Waals surface area contributed by atoms with Gasteiger partial charge in [0, 0.05) is 51.0 Å². The maximum Gasteiger partial charge on any atom is 0.0921 e. The van der Waals surface area contributed by atoms with Gasteiger partial charge in [0.15, 0.2) is 0 Å². The molecule has 0 spiro atoms. The number of nitrogens with one attached hydrogen (secondary N) is 1. The molecular formula is C15H27N3O2. The summed E-state index contributed by atoms with van der Waals surface area (Å²) in [5.41, 5.74) is 1.04. The maximum absolute atomic E-state index is 6.20. The SMILES string of the molecule is CCNC(c1cnn(CC)c1)C1(OCC)CCOCC1. The third-order valence-corrected chi connectivity index (χ3v) is 4.02. The second-order valence-corrected chi connectivity index (χ2v) is 5.23. The van der Waals surface area contributed by atoms with Crippen molar-refractivity contribution in [1.82, 2.24) is 15.1 Å². The van der Waals surface area contributed by atoms with Gasteiger partial charge in [-0.3, -0.25) is 4.68 Å². The molecule has 5 heteroatoms. The number of ether oxygens (including phenoxy) is 2. The third kappa shape index (κ3) is 3.22. The monoisotopic (exact) mass is 281 g/mol. The standard InChI is InChI=1S/C15H27N3O2/c1-4-16-14(13-11-17-18(5-2)12-13)15(20-6-3)7-9-19-10-8-15/h11-12,14,16H,4-10H2,1-3H3. The molecule has 1 aromatic heterocycles. The van der Waals surface area contributed by atoms with Crippen molar-refractivity contribution < 1.29 is 9.47 Å². The lowest BCUT2D eigenvalue weighted by Gasteiger charge is -2.43. The van der Waals surface area contributed by atoms with Crippen molar-refractivity contribution in [3.63, 3.8) is 0 Å². The van der Waals surface area contributed by atoms with E-state index in [1.54, 1.807) is 0 Å². The van der Waals surface area contributed by atoms with Crippen LogP contribution in [0, 0.1) is 0 Å². The molecule has 20 heavy (non-hydrogen) atoms. The Labute approximate surface area is 121 Å². The van der Waals surface area contributed by atoms with E-state index in [9.17, 15) is 0 Å². The molecule has 0 aliphatic carbocycles. The first-order valence-electron chi connectivity index (χ1n) is 7.73. The summed E-state index contributed by atoms with van der Waals surface area (Å²) in [5, 5.41) is 8.01. The number of nitrogens with zero attached hydrogens (tertiary/aromatic N) is 2. The minimum atomic E-state index is -0.176. The van der Waals surface area contributed by atoms with Crippen LogP contribution >= 0.6 is 0 Å². The van der Waals surface area contributed by atoms with Gasteiger partial charge in [-0.05, 0) is 20.4 Å². The number of aromatic nitrogens is 2. The van der Waals surface area contributed by atoms with Crippen molar-refractivity contribution in [2.45, 2.75) is 51.8 Å². The summed E-state index contributed by atoms with van der Waals surface area (Å²) in [4.78, 5) is 0. The highest BCUT2D eigenvalue weighted by Gasteiger charge is 2.42. The molecule has 0 saturated carbocycles. The third-order valence-electron chi connectivity index (χ3n) is 4.02. The maximum atomic E-state index is 6.20. The number of aryl methyl sites for hydroxylation is 1. The minimum absolute atomic E-state index is 0.176. The summed E-state index contributed by atoms with van der Waals surface area (Å²) in [6.07, 6.45) is 5.95. The quantitative estimate of drug-likeness (QED) is 0.832. The average Bonchev–Trinajstić information content (AvgIpc) is 2.94. The molecule has 1 N–H and O–H groups in total. The molecule has 1 saturated heterocycles. The van der Waals surface area contributed by atoms with Gasteiger partial charge in [0.2, 0.25) is 0 Å². The molecule has 0 radical (unpaired) electrons. The van der Waals surface area contributed by atoms with Crippen LogP contribution < -0.4 is 5.32 Å². The molecule has 0 aromatic carbocycles. The van der Waals surface area contributed by atoms with Gasteiger partial charge in [0.1, 0.15) is 0 Å². The number of hydrogen-bond acceptors (Lipinski definition) is 4. The van der Waals surface area contributed by atoms with Crippen molar-refractivity contribution in [3.8, 4) is 0 Å². The summed E-state index contributed by atoms with van der Waals surface area (Å²) in [6, 6.07) is 0.177. The predicted octanol–water partition coefficient (Wildman–Crippen LogP) is 2.14. The van der Waals surface area contributed by atoms with Gasteiger partial charge >= 0.3 is 0 Å². The van der Waals surface area contributed by atoms with Crippen LogP contribution in [-0.2, 0) is 16.0 Å². The zero-order valence-electron chi connectivity index (χ0n) is 12.9. The van der Waals surface area contributed by atoms with Crippen LogP contribution in [0.15, 0.2) is 12.4 Å². The Kier molecular flexibility index (Phi) is 5.57. The van der Waals surface area contributed by atoms with Gasteiger partial charge in [-0.1, -0.05) is 6.92 Å². The molecule has 1 aromatic rings. The fourth-order valence-electron chi connectivity index (χ4n) is 3.03. The topological polar surface area (TPSA) is 48.3 Å². The molecule has 1 aliphatic rings. The van der Waals surface area contributed by atoms with E-state index in [0.717, 1.165) is 45.8 Å². The van der Waals surface area contributed by atoms with Crippen molar-refractivity contribution in [2.75, 3.05) is 26.4 Å². The highest BCUT2D eigenvalue weighted by Crippen LogP contribution is 2.37. The molecule has 1 aliphatic heterocycles. The fraction of sp³-hybridized carbons (Fsp3) is 0.800. The van der Waals surface area contributed by atoms with Gasteiger partial charge in [0.25, 0.3) is 0 Å². The molecule has 114 valence electrons. The lowest BCUT2D eigenvalue weighted by Crippen LogP contribution is -2.49. The Balaban J connectivity index is 2.27. The van der Waals surface area contributed by atoms with E-state index >= 15 is 0 Å². The Morgan fingerprint density at radius 2 is 2.15 bits per heavy atom. The predicted molar refractivity (Wildman–Crippen MR) is 78.7 cm³/mol. The molecule has 1 atom stereocenters. The van der Waals surface area contributed by atoms with Crippen LogP contribution in [-0.4, -0.2) is 41.7 Å². The first-order chi connectivity index (χ1) is 9.75. The normalized spacial score (nSPS) is 19.9. The minimum Gasteiger partial charge on any atom is -0.381 e. The van der Waals surface area contributed by atoms with Crippen molar-refractivity contribution in [3.05, 3.63) is 18.0 Å². The van der Waals surface area contributed by atoms with Crippen molar-refractivity contribution in [2.24, 2.45) is 0 Å². The Morgan fingerprint density at radius 3 is 2.70 bits per heavy atom. The van der Waals surface area contributed by atoms with Crippen molar-refractivity contribution in [1.29, 1.82) is 0 Å². The van der Waals surface area contributed by atoms with E-state index in [0.29, 0.717) is 0 Å². The number of rotatable bonds is 7. The van der Waals surface area contributed by atoms with Crippen molar-refractivity contribution >= 4 is 0 Å². The van der Waals surface area contributed by atoms with Gasteiger partial charge in [-0.2, -0.15) is 5.10 Å². The van der Waals surface area contributed by atoms with Gasteiger partial charge in [-0.25, -0.2) is 0 Å². The summed E-state index contributed by atoms with van der Waals surface area (Å²) in [5.74, 6) is 0. The molecule has 2 rings (SSSR count). The van der Waals surface area contributed by atoms with Crippen LogP contribution in [0.4, 0.5) is 0 Å². The molecule has 5 nitrogen and oxygen atoms in total. The van der Waals surface area contributed by atoms with Crippen LogP contribution in [0.3, 0.4) is 0 Å². The largest absolute Gasteiger partial charge is 0.381 e. The van der Waals surface area contributed by atoms with E-state index in [1.807, 2.05) is 10.9 Å². The lowest BCUT2D eigenvalue weighted by molar-refractivity contribution is -0.127. The Bertz CT molecular complexity index is 394. The van der Waals surface area contributed by atoms with Crippen LogP contribution in [0.5, 0.6) is 0 Å². The first-order valence-corrected chi connectivity index (χ1v) is 7.73. The molecule has 1 fully saturated rings. The summed E-state index contributed by atoms with van der Waals surface area (Å²) >= 11 is 0. The van der Waals surface area contributed by atoms with Gasteiger partial charge < -0.3 is 14.8 Å². The smallest absolute Gasteiger partial charge is 0.0921 e. The second-order valence-electron chi connectivity index (χ2n) is 5.23. The molecule has 2 heterocycles. The van der Waals surface area contributed by atoms with Crippen LogP contribution in [0.25, 0.3) is 0 Å². The van der Waals surface area contributed by atoms with E-state index in [1.165, 1.54) is 5.56 Å². The van der Waals surface area contributed by atoms with Crippen LogP contribution in [0.2, 0.25) is 0 Å². The van der Waals surface area contributed by atoms with Gasteiger partial charge in [-0.15, -0.1) is 0 Å². The molecule has 0 amide bonds. The molecular weight excluding hydrogens is 254 g/mol. The summed E-state index contributed by atoms with van der Waals surface area (Å²) in [7, 11) is 0. The average molecular weight is 281 g/mol. The van der Waals surface area contributed by atoms with E-state index in [-0.39, 0.29) is 11.6 Å². The second kappa shape index (κ2) is 7.20. The first kappa shape index (κ1) is 15.5. The molecule has 1 unspecified atom stereocenters. The summed E-state index contributed by atoms with van der Waals surface area (Å²) < 4.78 is 13.7. The summed E-state index contributed by atoms with van der Waals surface area (Å²) in [6.45, 7) is 10.4. The molecule has 0 bridgehead atoms. The van der Waals surface area contributed by atoms with Crippen LogP contribution in [0.1, 0.15) is 45.2 Å². The van der Waals surface area contributed by atoms with E-state index in [2.05, 4.69) is 37.4 Å². The van der Waals surface area contributed by atoms with E-state index < -0.39 is 0 Å². The lowest BCUT2D eigenvalue weighted by atomic mass is 9.83. The number of hydrogen-bond donors (Lipinski definition) is 1. The fourth-order valence-corrected chi connectivity index (χ4v) is 3.03.